The third-order valence-corrected chi connectivity index (χ3v) is 5.05. The lowest BCUT2D eigenvalue weighted by molar-refractivity contribution is 0.518. The van der Waals surface area contributed by atoms with E-state index in [1.807, 2.05) is 6.26 Å². The quantitative estimate of drug-likeness (QED) is 0.199. The summed E-state index contributed by atoms with van der Waals surface area (Å²) in [5, 5.41) is 0. The normalized spacial score (nSPS) is 15.2. The molecule has 1 fully saturated rings. The smallest absolute Gasteiger partial charge is 0.100 e. The summed E-state index contributed by atoms with van der Waals surface area (Å²) in [4.78, 5) is 0. The first-order chi connectivity index (χ1) is 10.4. The molecule has 1 aliphatic rings. The highest BCUT2D eigenvalue weighted by atomic mass is 32.2. The zero-order valence-corrected chi connectivity index (χ0v) is 15.0. The topological polar surface area (TPSA) is 9.23 Å². The molecule has 0 bridgehead atoms. The number of hydrogen-bond acceptors (Lipinski definition) is 2. The van der Waals surface area contributed by atoms with Gasteiger partial charge >= 0.3 is 0 Å². The third-order valence-electron chi connectivity index (χ3n) is 4.36. The van der Waals surface area contributed by atoms with Crippen LogP contribution in [0.4, 0.5) is 0 Å². The van der Waals surface area contributed by atoms with Crippen LogP contribution in [-0.4, -0.2) is 5.75 Å². The molecule has 0 spiro atoms. The van der Waals surface area contributed by atoms with Gasteiger partial charge in [-0.3, -0.25) is 0 Å². The van der Waals surface area contributed by atoms with E-state index in [9.17, 15) is 0 Å². The van der Waals surface area contributed by atoms with E-state index in [4.69, 9.17) is 4.18 Å². The van der Waals surface area contributed by atoms with Crippen LogP contribution in [-0.2, 0) is 4.18 Å². The molecular weight excluding hydrogens is 276 g/mol. The Morgan fingerprint density at radius 3 is 2.00 bits per heavy atom. The molecule has 1 aliphatic carbocycles. The minimum absolute atomic E-state index is 1.15. The van der Waals surface area contributed by atoms with Crippen LogP contribution >= 0.6 is 12.0 Å². The minimum atomic E-state index is 1.15. The number of rotatable bonds is 13. The SMILES string of the molecule is CCCCCCCCCCCCSOC=C1CCCCC1. The van der Waals surface area contributed by atoms with Crippen molar-refractivity contribution >= 4 is 12.0 Å². The summed E-state index contributed by atoms with van der Waals surface area (Å²) in [7, 11) is 0. The predicted molar refractivity (Wildman–Crippen MR) is 96.6 cm³/mol. The highest BCUT2D eigenvalue weighted by Gasteiger charge is 2.05. The largest absolute Gasteiger partial charge is 0.434 e. The summed E-state index contributed by atoms with van der Waals surface area (Å²) in [6.07, 6.45) is 22.8. The van der Waals surface area contributed by atoms with E-state index in [0.29, 0.717) is 0 Å². The molecule has 1 saturated carbocycles. The first kappa shape index (κ1) is 18.9. The van der Waals surface area contributed by atoms with Crippen molar-refractivity contribution < 1.29 is 4.18 Å². The summed E-state index contributed by atoms with van der Waals surface area (Å²) in [6.45, 7) is 2.29. The Morgan fingerprint density at radius 2 is 1.38 bits per heavy atom. The average Bonchev–Trinajstić information content (AvgIpc) is 2.53. The Kier molecular flexibility index (Phi) is 13.4. The maximum atomic E-state index is 5.61. The molecule has 1 rings (SSSR count). The molecular formula is C19H36OS. The third kappa shape index (κ3) is 12.1. The molecule has 0 aromatic carbocycles. The number of hydrogen-bond donors (Lipinski definition) is 0. The fourth-order valence-corrected chi connectivity index (χ4v) is 3.54. The maximum Gasteiger partial charge on any atom is 0.100 e. The van der Waals surface area contributed by atoms with Gasteiger partial charge in [0.1, 0.15) is 6.26 Å². The lowest BCUT2D eigenvalue weighted by Crippen LogP contribution is -1.93. The monoisotopic (exact) mass is 312 g/mol. The van der Waals surface area contributed by atoms with Crippen LogP contribution in [0, 0.1) is 0 Å². The van der Waals surface area contributed by atoms with Crippen molar-refractivity contribution in [3.05, 3.63) is 11.8 Å². The van der Waals surface area contributed by atoms with E-state index in [-0.39, 0.29) is 0 Å². The van der Waals surface area contributed by atoms with E-state index < -0.39 is 0 Å². The van der Waals surface area contributed by atoms with Crippen molar-refractivity contribution in [3.8, 4) is 0 Å². The predicted octanol–water partition coefficient (Wildman–Crippen LogP) is 7.42. The number of unbranched alkanes of at least 4 members (excludes halogenated alkanes) is 9. The molecule has 0 heterocycles. The minimum Gasteiger partial charge on any atom is -0.434 e. The van der Waals surface area contributed by atoms with E-state index in [1.165, 1.54) is 102 Å². The molecule has 0 radical (unpaired) electrons. The Hall–Kier alpha value is -0.110. The fourth-order valence-electron chi connectivity index (χ4n) is 2.92. The molecule has 0 aliphatic heterocycles. The van der Waals surface area contributed by atoms with Crippen molar-refractivity contribution in [2.75, 3.05) is 5.75 Å². The summed E-state index contributed by atoms with van der Waals surface area (Å²) >= 11 is 1.65. The molecule has 2 heteroatoms. The standard InChI is InChI=1S/C19H36OS/c1-2-3-4-5-6-7-8-9-10-14-17-21-20-18-19-15-12-11-13-16-19/h18H,2-17H2,1H3. The second-order valence-electron chi connectivity index (χ2n) is 6.44. The highest BCUT2D eigenvalue weighted by Crippen LogP contribution is 2.23. The van der Waals surface area contributed by atoms with Crippen molar-refractivity contribution in [1.29, 1.82) is 0 Å². The van der Waals surface area contributed by atoms with Gasteiger partial charge < -0.3 is 4.18 Å². The molecule has 0 aromatic heterocycles. The van der Waals surface area contributed by atoms with Gasteiger partial charge in [0.15, 0.2) is 0 Å². The molecule has 0 atom stereocenters. The van der Waals surface area contributed by atoms with Crippen LogP contribution in [0.3, 0.4) is 0 Å². The molecule has 0 unspecified atom stereocenters. The summed E-state index contributed by atoms with van der Waals surface area (Å²) in [5.74, 6) is 1.15. The van der Waals surface area contributed by atoms with E-state index in [0.717, 1.165) is 5.75 Å². The van der Waals surface area contributed by atoms with Crippen LogP contribution < -0.4 is 0 Å². The van der Waals surface area contributed by atoms with Gasteiger partial charge in [0, 0.05) is 5.75 Å². The summed E-state index contributed by atoms with van der Waals surface area (Å²) < 4.78 is 5.61. The highest BCUT2D eigenvalue weighted by molar-refractivity contribution is 7.94. The van der Waals surface area contributed by atoms with Crippen LogP contribution in [0.1, 0.15) is 103 Å². The molecule has 124 valence electrons. The van der Waals surface area contributed by atoms with E-state index >= 15 is 0 Å². The summed E-state index contributed by atoms with van der Waals surface area (Å²) in [6, 6.07) is 0. The summed E-state index contributed by atoms with van der Waals surface area (Å²) in [5.41, 5.74) is 1.52. The first-order valence-electron chi connectivity index (χ1n) is 9.39. The van der Waals surface area contributed by atoms with Gasteiger partial charge in [0.25, 0.3) is 0 Å². The van der Waals surface area contributed by atoms with Crippen molar-refractivity contribution in [2.45, 2.75) is 103 Å². The molecule has 0 N–H and O–H groups in total. The second-order valence-corrected chi connectivity index (χ2v) is 7.27. The Bertz CT molecular complexity index is 242. The molecule has 0 saturated heterocycles. The first-order valence-corrected chi connectivity index (χ1v) is 10.3. The van der Waals surface area contributed by atoms with Crippen LogP contribution in [0.15, 0.2) is 11.8 Å². The van der Waals surface area contributed by atoms with Crippen molar-refractivity contribution in [2.24, 2.45) is 0 Å². The molecule has 0 amide bonds. The van der Waals surface area contributed by atoms with Crippen molar-refractivity contribution in [1.82, 2.24) is 0 Å². The van der Waals surface area contributed by atoms with Gasteiger partial charge in [-0.1, -0.05) is 71.1 Å². The Labute approximate surface area is 137 Å². The zero-order chi connectivity index (χ0) is 15.0. The van der Waals surface area contributed by atoms with E-state index in [2.05, 4.69) is 6.92 Å². The lowest BCUT2D eigenvalue weighted by atomic mass is 9.96. The van der Waals surface area contributed by atoms with Gasteiger partial charge in [0.2, 0.25) is 0 Å². The molecule has 0 aromatic rings. The molecule has 1 nitrogen and oxygen atoms in total. The average molecular weight is 313 g/mol. The van der Waals surface area contributed by atoms with Gasteiger partial charge in [-0.05, 0) is 37.7 Å². The Morgan fingerprint density at radius 1 is 0.810 bits per heavy atom. The van der Waals surface area contributed by atoms with E-state index in [1.54, 1.807) is 12.0 Å². The fraction of sp³-hybridized carbons (Fsp3) is 0.895. The zero-order valence-electron chi connectivity index (χ0n) is 14.2. The van der Waals surface area contributed by atoms with Crippen LogP contribution in [0.25, 0.3) is 0 Å². The Balaban J connectivity index is 1.74. The number of allylic oxidation sites excluding steroid dienone is 1. The lowest BCUT2D eigenvalue weighted by Gasteiger charge is -2.12. The van der Waals surface area contributed by atoms with Crippen LogP contribution in [0.2, 0.25) is 0 Å². The maximum absolute atomic E-state index is 5.61. The van der Waals surface area contributed by atoms with Gasteiger partial charge in [-0.2, -0.15) is 0 Å². The second kappa shape index (κ2) is 14.8. The van der Waals surface area contributed by atoms with Gasteiger partial charge in [-0.15, -0.1) is 0 Å². The van der Waals surface area contributed by atoms with Gasteiger partial charge in [-0.25, -0.2) is 0 Å². The van der Waals surface area contributed by atoms with Gasteiger partial charge in [0.05, 0.1) is 12.0 Å². The van der Waals surface area contributed by atoms with Crippen LogP contribution in [0.5, 0.6) is 0 Å². The molecule has 21 heavy (non-hydrogen) atoms. The van der Waals surface area contributed by atoms with Crippen molar-refractivity contribution in [3.63, 3.8) is 0 Å².